The molecule has 2 saturated heterocycles. The number of alkyl halides is 6. The van der Waals surface area contributed by atoms with Crippen LogP contribution < -0.4 is 15.1 Å². The summed E-state index contributed by atoms with van der Waals surface area (Å²) in [5.41, 5.74) is -2.09. The molecule has 1 aromatic carbocycles. The Morgan fingerprint density at radius 1 is 0.947 bits per heavy atom. The molecule has 2 aliphatic heterocycles. The van der Waals surface area contributed by atoms with Crippen LogP contribution in [0.25, 0.3) is 0 Å². The van der Waals surface area contributed by atoms with E-state index >= 15 is 0 Å². The van der Waals surface area contributed by atoms with E-state index in [4.69, 9.17) is 0 Å². The Morgan fingerprint density at radius 2 is 1.50 bits per heavy atom. The molecule has 0 aliphatic carbocycles. The highest BCUT2D eigenvalue weighted by molar-refractivity contribution is 5.47. The number of halogens is 6. The molecule has 0 bridgehead atoms. The van der Waals surface area contributed by atoms with Gasteiger partial charge in [-0.2, -0.15) is 26.3 Å². The molecule has 2 aromatic rings. The highest BCUT2D eigenvalue weighted by atomic mass is 19.4. The molecule has 2 aliphatic rings. The van der Waals surface area contributed by atoms with Crippen LogP contribution in [0.2, 0.25) is 0 Å². The first-order valence-electron chi connectivity index (χ1n) is 12.9. The van der Waals surface area contributed by atoms with Crippen LogP contribution in [0, 0.1) is 0 Å². The lowest BCUT2D eigenvalue weighted by atomic mass is 9.89. The highest BCUT2D eigenvalue weighted by Crippen LogP contribution is 2.37. The first-order chi connectivity index (χ1) is 17.9. The molecular weight excluding hydrogens is 512 g/mol. The number of nitrogens with one attached hydrogen (secondary N) is 1. The maximum absolute atomic E-state index is 13.5. The molecule has 2 fully saturated rings. The molecular formula is C26H33F6N5O. The minimum atomic E-state index is -4.92. The Bertz CT molecular complexity index is 1030. The number of rotatable bonds is 7. The number of aliphatic hydroxyl groups is 1. The van der Waals surface area contributed by atoms with E-state index in [1.807, 2.05) is 18.7 Å². The lowest BCUT2D eigenvalue weighted by Gasteiger charge is -2.42. The van der Waals surface area contributed by atoms with Crippen molar-refractivity contribution in [3.63, 3.8) is 0 Å². The van der Waals surface area contributed by atoms with Gasteiger partial charge in [-0.25, -0.2) is 9.97 Å². The first-order valence-corrected chi connectivity index (χ1v) is 12.9. The third kappa shape index (κ3) is 6.69. The number of aromatic nitrogens is 2. The van der Waals surface area contributed by atoms with Crippen molar-refractivity contribution in [3.8, 4) is 0 Å². The monoisotopic (exact) mass is 545 g/mol. The summed E-state index contributed by atoms with van der Waals surface area (Å²) in [5, 5.41) is 13.4. The average Bonchev–Trinajstić information content (AvgIpc) is 3.32. The van der Waals surface area contributed by atoms with E-state index in [9.17, 15) is 31.4 Å². The van der Waals surface area contributed by atoms with Crippen LogP contribution in [0.3, 0.4) is 0 Å². The Hall–Kier alpha value is -2.60. The second-order valence-corrected chi connectivity index (χ2v) is 10.2. The maximum atomic E-state index is 13.5. The van der Waals surface area contributed by atoms with Gasteiger partial charge in [0.05, 0.1) is 35.3 Å². The summed E-state index contributed by atoms with van der Waals surface area (Å²) in [5.74, 6) is 0.246. The summed E-state index contributed by atoms with van der Waals surface area (Å²) in [6, 6.07) is 1.82. The van der Waals surface area contributed by atoms with Gasteiger partial charge in [-0.3, -0.25) is 0 Å². The zero-order chi connectivity index (χ0) is 27.7. The zero-order valence-electron chi connectivity index (χ0n) is 21.4. The highest BCUT2D eigenvalue weighted by Gasteiger charge is 2.38. The molecule has 0 amide bonds. The van der Waals surface area contributed by atoms with Gasteiger partial charge in [0.1, 0.15) is 0 Å². The topological polar surface area (TPSA) is 64.5 Å². The second kappa shape index (κ2) is 11.3. The molecule has 12 heteroatoms. The number of nitrogens with zero attached hydrogens (tertiary/aromatic N) is 4. The zero-order valence-corrected chi connectivity index (χ0v) is 21.4. The molecule has 1 aromatic heterocycles. The van der Waals surface area contributed by atoms with Gasteiger partial charge in [0.25, 0.3) is 0 Å². The third-order valence-electron chi connectivity index (χ3n) is 7.42. The second-order valence-electron chi connectivity index (χ2n) is 10.2. The number of piperidine rings is 1. The molecule has 3 heterocycles. The Labute approximate surface area is 218 Å². The molecule has 210 valence electrons. The van der Waals surface area contributed by atoms with E-state index < -0.39 is 29.6 Å². The van der Waals surface area contributed by atoms with E-state index in [1.165, 1.54) is 0 Å². The molecule has 4 atom stereocenters. The van der Waals surface area contributed by atoms with Crippen molar-refractivity contribution in [2.45, 2.75) is 89.1 Å². The number of hydrogen-bond acceptors (Lipinski definition) is 6. The predicted molar refractivity (Wildman–Crippen MR) is 132 cm³/mol. The van der Waals surface area contributed by atoms with Gasteiger partial charge in [-0.1, -0.05) is 13.8 Å². The van der Waals surface area contributed by atoms with Crippen molar-refractivity contribution in [3.05, 3.63) is 47.3 Å². The van der Waals surface area contributed by atoms with Crippen molar-refractivity contribution in [2.24, 2.45) is 0 Å². The van der Waals surface area contributed by atoms with Crippen molar-refractivity contribution in [2.75, 3.05) is 22.9 Å². The van der Waals surface area contributed by atoms with Gasteiger partial charge in [-0.15, -0.1) is 0 Å². The molecule has 2 N–H and O–H groups in total. The van der Waals surface area contributed by atoms with E-state index in [2.05, 4.69) is 15.3 Å². The maximum Gasteiger partial charge on any atom is 0.416 e. The molecule has 6 nitrogen and oxygen atoms in total. The van der Waals surface area contributed by atoms with Gasteiger partial charge in [0.2, 0.25) is 5.95 Å². The predicted octanol–water partition coefficient (Wildman–Crippen LogP) is 5.40. The van der Waals surface area contributed by atoms with Gasteiger partial charge in [0, 0.05) is 37.8 Å². The van der Waals surface area contributed by atoms with Gasteiger partial charge in [0.15, 0.2) is 0 Å². The molecule has 0 radical (unpaired) electrons. The summed E-state index contributed by atoms with van der Waals surface area (Å²) >= 11 is 0. The molecule has 0 unspecified atom stereocenters. The minimum absolute atomic E-state index is 0.109. The molecule has 38 heavy (non-hydrogen) atoms. The third-order valence-corrected chi connectivity index (χ3v) is 7.42. The number of β-amino-alcohol motifs (C(OH)–C–C–N with tert-alkyl or cyclic N) is 1. The molecule has 0 saturated carbocycles. The summed E-state index contributed by atoms with van der Waals surface area (Å²) in [6.45, 7) is 4.96. The smallest absolute Gasteiger partial charge is 0.391 e. The van der Waals surface area contributed by atoms with Crippen LogP contribution in [0.1, 0.15) is 62.6 Å². The molecule has 4 rings (SSSR count). The standard InChI is InChI=1S/C26H33F6N5O/c1-3-19-10-21(11-20(4-2)35-19)37(24-33-12-22(13-34-24)36-6-5-23(38)15-36)14-16-7-17(25(27,28)29)9-18(8-16)26(30,31)32/h7-9,12-13,19-21,23,35,38H,3-6,10-11,14-15H2,1-2H3/t19-,20+,21+,23-/m0/s1. The Kier molecular flexibility index (Phi) is 8.41. The minimum Gasteiger partial charge on any atom is -0.391 e. The van der Waals surface area contributed by atoms with Crippen LogP contribution in [-0.2, 0) is 18.9 Å². The first kappa shape index (κ1) is 28.4. The van der Waals surface area contributed by atoms with Crippen molar-refractivity contribution >= 4 is 11.6 Å². The molecule has 0 spiro atoms. The number of benzene rings is 1. The number of aliphatic hydroxyl groups excluding tert-OH is 1. The Morgan fingerprint density at radius 3 is 1.95 bits per heavy atom. The van der Waals surface area contributed by atoms with E-state index in [0.717, 1.165) is 25.0 Å². The van der Waals surface area contributed by atoms with Crippen LogP contribution in [-0.4, -0.2) is 52.4 Å². The van der Waals surface area contributed by atoms with Crippen LogP contribution in [0.15, 0.2) is 30.6 Å². The summed E-state index contributed by atoms with van der Waals surface area (Å²) < 4.78 is 81.2. The fraction of sp³-hybridized carbons (Fsp3) is 0.615. The summed E-state index contributed by atoms with van der Waals surface area (Å²) in [4.78, 5) is 12.7. The van der Waals surface area contributed by atoms with Gasteiger partial charge < -0.3 is 20.2 Å². The van der Waals surface area contributed by atoms with Crippen molar-refractivity contribution < 1.29 is 31.4 Å². The Balaban J connectivity index is 1.71. The van der Waals surface area contributed by atoms with E-state index in [1.54, 1.807) is 17.3 Å². The lowest BCUT2D eigenvalue weighted by Crippen LogP contribution is -2.52. The van der Waals surface area contributed by atoms with Gasteiger partial charge in [-0.05, 0) is 55.9 Å². The SMILES string of the molecule is CC[C@@H]1C[C@H](N(Cc2cc(C(F)(F)F)cc(C(F)(F)F)c2)c2ncc(N3CC[C@H](O)C3)cn2)C[C@H](CC)N1. The van der Waals surface area contributed by atoms with E-state index in [0.29, 0.717) is 38.0 Å². The average molecular weight is 546 g/mol. The van der Waals surface area contributed by atoms with Crippen LogP contribution >= 0.6 is 0 Å². The van der Waals surface area contributed by atoms with Crippen molar-refractivity contribution in [1.29, 1.82) is 0 Å². The normalized spacial score (nSPS) is 24.6. The summed E-state index contributed by atoms with van der Waals surface area (Å²) in [6.07, 6.45) is -3.50. The number of anilines is 2. The van der Waals surface area contributed by atoms with Crippen LogP contribution in [0.4, 0.5) is 38.0 Å². The van der Waals surface area contributed by atoms with Crippen LogP contribution in [0.5, 0.6) is 0 Å². The quantitative estimate of drug-likeness (QED) is 0.455. The summed E-state index contributed by atoms with van der Waals surface area (Å²) in [7, 11) is 0. The van der Waals surface area contributed by atoms with E-state index in [-0.39, 0.29) is 42.2 Å². The fourth-order valence-corrected chi connectivity index (χ4v) is 5.32. The number of hydrogen-bond donors (Lipinski definition) is 2. The lowest BCUT2D eigenvalue weighted by molar-refractivity contribution is -0.143. The van der Waals surface area contributed by atoms with Gasteiger partial charge >= 0.3 is 12.4 Å². The largest absolute Gasteiger partial charge is 0.416 e. The van der Waals surface area contributed by atoms with Crippen molar-refractivity contribution in [1.82, 2.24) is 15.3 Å². The fourth-order valence-electron chi connectivity index (χ4n) is 5.32.